The zero-order chi connectivity index (χ0) is 13.5. The highest BCUT2D eigenvalue weighted by Crippen LogP contribution is 2.34. The summed E-state index contributed by atoms with van der Waals surface area (Å²) in [5, 5.41) is 8.98. The van der Waals surface area contributed by atoms with Crippen LogP contribution < -0.4 is 4.90 Å². The first kappa shape index (κ1) is 12.2. The predicted molar refractivity (Wildman–Crippen MR) is 59.9 cm³/mol. The van der Waals surface area contributed by atoms with Gasteiger partial charge in [0.15, 0.2) is 11.5 Å². The summed E-state index contributed by atoms with van der Waals surface area (Å²) in [6.07, 6.45) is 2.47. The smallest absolute Gasteiger partial charge is 0.358 e. The fraction of sp³-hybridized carbons (Fsp3) is 0.364. The number of anilines is 1. The number of amides is 2. The van der Waals surface area contributed by atoms with Crippen LogP contribution in [-0.2, 0) is 9.59 Å². The standard InChI is InChI=1S/C11H11N3O4/c1-11(2)5-6(15)14(10(11)18)8-7(9(16)17)12-3-4-13-8/h3-4H,5H2,1-2H3,(H,16,17). The van der Waals surface area contributed by atoms with Crippen LogP contribution in [-0.4, -0.2) is 32.9 Å². The van der Waals surface area contributed by atoms with E-state index in [4.69, 9.17) is 5.11 Å². The average Bonchev–Trinajstić information content (AvgIpc) is 2.48. The van der Waals surface area contributed by atoms with Crippen LogP contribution in [0.3, 0.4) is 0 Å². The van der Waals surface area contributed by atoms with E-state index in [9.17, 15) is 14.4 Å². The number of carboxylic acid groups (broad SMARTS) is 1. The Hall–Kier alpha value is -2.31. The molecule has 0 atom stereocenters. The molecule has 94 valence electrons. The first-order valence-electron chi connectivity index (χ1n) is 5.26. The Labute approximate surface area is 102 Å². The number of carboxylic acids is 1. The molecule has 7 nitrogen and oxygen atoms in total. The monoisotopic (exact) mass is 249 g/mol. The van der Waals surface area contributed by atoms with E-state index in [1.165, 1.54) is 12.4 Å². The third-order valence-electron chi connectivity index (χ3n) is 2.72. The Balaban J connectivity index is 2.54. The molecule has 1 aliphatic rings. The highest BCUT2D eigenvalue weighted by molar-refractivity contribution is 6.23. The van der Waals surface area contributed by atoms with Crippen molar-refractivity contribution in [2.75, 3.05) is 4.90 Å². The van der Waals surface area contributed by atoms with Gasteiger partial charge in [0.2, 0.25) is 11.8 Å². The molecule has 0 spiro atoms. The van der Waals surface area contributed by atoms with E-state index in [0.717, 1.165) is 4.90 Å². The molecule has 1 fully saturated rings. The van der Waals surface area contributed by atoms with Crippen LogP contribution in [0, 0.1) is 5.41 Å². The van der Waals surface area contributed by atoms with Crippen molar-refractivity contribution < 1.29 is 19.5 Å². The summed E-state index contributed by atoms with van der Waals surface area (Å²) in [6, 6.07) is 0. The highest BCUT2D eigenvalue weighted by Gasteiger charge is 2.47. The molecule has 0 unspecified atom stereocenters. The van der Waals surface area contributed by atoms with Gasteiger partial charge in [0.25, 0.3) is 0 Å². The van der Waals surface area contributed by atoms with E-state index in [0.29, 0.717) is 0 Å². The molecule has 0 bridgehead atoms. The van der Waals surface area contributed by atoms with Crippen LogP contribution in [0.15, 0.2) is 12.4 Å². The molecule has 1 saturated heterocycles. The first-order valence-corrected chi connectivity index (χ1v) is 5.26. The largest absolute Gasteiger partial charge is 0.476 e. The lowest BCUT2D eigenvalue weighted by Crippen LogP contribution is -2.35. The number of carbonyl (C=O) groups is 3. The van der Waals surface area contributed by atoms with Gasteiger partial charge in [0.05, 0.1) is 5.41 Å². The maximum atomic E-state index is 12.1. The lowest BCUT2D eigenvalue weighted by molar-refractivity contribution is -0.124. The first-order chi connectivity index (χ1) is 8.34. The molecule has 0 radical (unpaired) electrons. The fourth-order valence-electron chi connectivity index (χ4n) is 1.81. The Morgan fingerprint density at radius 3 is 2.44 bits per heavy atom. The second-order valence-electron chi connectivity index (χ2n) is 4.63. The number of hydrogen-bond acceptors (Lipinski definition) is 5. The van der Waals surface area contributed by atoms with Crippen molar-refractivity contribution in [3.05, 3.63) is 18.1 Å². The minimum atomic E-state index is -1.33. The van der Waals surface area contributed by atoms with Crippen LogP contribution in [0.4, 0.5) is 5.82 Å². The Kier molecular flexibility index (Phi) is 2.61. The lowest BCUT2D eigenvalue weighted by atomic mass is 9.92. The summed E-state index contributed by atoms with van der Waals surface area (Å²) in [5.41, 5.74) is -1.25. The molecule has 0 saturated carbocycles. The Bertz CT molecular complexity index is 553. The van der Waals surface area contributed by atoms with Crippen molar-refractivity contribution in [2.45, 2.75) is 20.3 Å². The van der Waals surface area contributed by atoms with Crippen molar-refractivity contribution >= 4 is 23.6 Å². The Morgan fingerprint density at radius 2 is 1.94 bits per heavy atom. The molecule has 1 aromatic rings. The van der Waals surface area contributed by atoms with E-state index in [-0.39, 0.29) is 12.2 Å². The molecule has 2 rings (SSSR count). The van der Waals surface area contributed by atoms with Gasteiger partial charge in [-0.1, -0.05) is 13.8 Å². The highest BCUT2D eigenvalue weighted by atomic mass is 16.4. The molecule has 1 N–H and O–H groups in total. The molecule has 0 aliphatic carbocycles. The topological polar surface area (TPSA) is 100 Å². The molecule has 2 amide bonds. The number of hydrogen-bond donors (Lipinski definition) is 1. The van der Waals surface area contributed by atoms with E-state index in [2.05, 4.69) is 9.97 Å². The number of imide groups is 1. The molecule has 7 heteroatoms. The molecule has 2 heterocycles. The van der Waals surface area contributed by atoms with Crippen LogP contribution in [0.2, 0.25) is 0 Å². The van der Waals surface area contributed by atoms with Crippen LogP contribution in [0.1, 0.15) is 30.8 Å². The lowest BCUT2D eigenvalue weighted by Gasteiger charge is -2.17. The zero-order valence-electron chi connectivity index (χ0n) is 9.88. The molecule has 18 heavy (non-hydrogen) atoms. The number of carbonyl (C=O) groups excluding carboxylic acids is 2. The van der Waals surface area contributed by atoms with Gasteiger partial charge >= 0.3 is 5.97 Å². The van der Waals surface area contributed by atoms with Crippen molar-refractivity contribution in [3.8, 4) is 0 Å². The number of aromatic nitrogens is 2. The summed E-state index contributed by atoms with van der Waals surface area (Å²) in [7, 11) is 0. The maximum Gasteiger partial charge on any atom is 0.358 e. The number of nitrogens with zero attached hydrogens (tertiary/aromatic N) is 3. The van der Waals surface area contributed by atoms with E-state index in [1.807, 2.05) is 0 Å². The predicted octanol–water partition coefficient (Wildman–Crippen LogP) is 0.464. The second kappa shape index (κ2) is 3.86. The van der Waals surface area contributed by atoms with Gasteiger partial charge < -0.3 is 5.11 Å². The molecule has 1 aromatic heterocycles. The zero-order valence-corrected chi connectivity index (χ0v) is 9.88. The van der Waals surface area contributed by atoms with Gasteiger partial charge in [-0.2, -0.15) is 0 Å². The van der Waals surface area contributed by atoms with Gasteiger partial charge in [-0.3, -0.25) is 9.59 Å². The molecular weight excluding hydrogens is 238 g/mol. The average molecular weight is 249 g/mol. The fourth-order valence-corrected chi connectivity index (χ4v) is 1.81. The van der Waals surface area contributed by atoms with Gasteiger partial charge in [0.1, 0.15) is 0 Å². The maximum absolute atomic E-state index is 12.1. The summed E-state index contributed by atoms with van der Waals surface area (Å²) >= 11 is 0. The minimum absolute atomic E-state index is 0.0292. The Morgan fingerprint density at radius 1 is 1.33 bits per heavy atom. The van der Waals surface area contributed by atoms with Gasteiger partial charge in [-0.15, -0.1) is 0 Å². The quantitative estimate of drug-likeness (QED) is 0.764. The van der Waals surface area contributed by atoms with E-state index < -0.39 is 28.9 Å². The van der Waals surface area contributed by atoms with Crippen LogP contribution in [0.25, 0.3) is 0 Å². The third-order valence-corrected chi connectivity index (χ3v) is 2.72. The SMILES string of the molecule is CC1(C)CC(=O)N(c2nccnc2C(=O)O)C1=O. The van der Waals surface area contributed by atoms with Crippen molar-refractivity contribution in [3.63, 3.8) is 0 Å². The second-order valence-corrected chi connectivity index (χ2v) is 4.63. The van der Waals surface area contributed by atoms with E-state index >= 15 is 0 Å². The summed E-state index contributed by atoms with van der Waals surface area (Å²) in [5.74, 6) is -2.47. The molecule has 0 aromatic carbocycles. The summed E-state index contributed by atoms with van der Waals surface area (Å²) in [4.78, 5) is 43.1. The van der Waals surface area contributed by atoms with Crippen molar-refractivity contribution in [1.82, 2.24) is 9.97 Å². The van der Waals surface area contributed by atoms with Crippen LogP contribution >= 0.6 is 0 Å². The summed E-state index contributed by atoms with van der Waals surface area (Å²) in [6.45, 7) is 3.26. The van der Waals surface area contributed by atoms with Gasteiger partial charge in [-0.05, 0) is 0 Å². The third kappa shape index (κ3) is 1.73. The van der Waals surface area contributed by atoms with E-state index in [1.54, 1.807) is 13.8 Å². The van der Waals surface area contributed by atoms with Gasteiger partial charge in [-0.25, -0.2) is 19.7 Å². The number of rotatable bonds is 2. The van der Waals surface area contributed by atoms with Crippen molar-refractivity contribution in [1.29, 1.82) is 0 Å². The molecular formula is C11H11N3O4. The van der Waals surface area contributed by atoms with Gasteiger partial charge in [0, 0.05) is 18.8 Å². The summed E-state index contributed by atoms with van der Waals surface area (Å²) < 4.78 is 0. The van der Waals surface area contributed by atoms with Crippen molar-refractivity contribution in [2.24, 2.45) is 5.41 Å². The minimum Gasteiger partial charge on any atom is -0.476 e. The number of aromatic carboxylic acids is 1. The molecule has 1 aliphatic heterocycles. The van der Waals surface area contributed by atoms with Crippen LogP contribution in [0.5, 0.6) is 0 Å². The normalized spacial score (nSPS) is 18.2.